The standard InChI is InChI=1S/C23H24N4O3/c1-15-6-8-18(9-7-15)27-17(3)16(2)21-22(27)25-14-26(23(21)29)13-20(28)24-11-10-19-5-4-12-30-19/h4-9,12,14H,10-11,13H2,1-3H3,(H,24,28). The quantitative estimate of drug-likeness (QED) is 0.535. The number of amides is 1. The number of carbonyl (C=O) groups is 1. The Labute approximate surface area is 174 Å². The topological polar surface area (TPSA) is 82.1 Å². The van der Waals surface area contributed by atoms with Gasteiger partial charge in [0.15, 0.2) is 5.65 Å². The smallest absolute Gasteiger partial charge is 0.263 e. The van der Waals surface area contributed by atoms with Gasteiger partial charge in [-0.25, -0.2) is 4.98 Å². The van der Waals surface area contributed by atoms with Crippen LogP contribution in [0.4, 0.5) is 0 Å². The Balaban J connectivity index is 1.59. The van der Waals surface area contributed by atoms with E-state index in [0.717, 1.165) is 28.3 Å². The van der Waals surface area contributed by atoms with Crippen LogP contribution < -0.4 is 10.9 Å². The molecular formula is C23H24N4O3. The lowest BCUT2D eigenvalue weighted by Gasteiger charge is -2.09. The van der Waals surface area contributed by atoms with Crippen LogP contribution in [0.15, 0.2) is 58.2 Å². The number of hydrogen-bond acceptors (Lipinski definition) is 4. The van der Waals surface area contributed by atoms with E-state index in [2.05, 4.69) is 10.3 Å². The van der Waals surface area contributed by atoms with Crippen molar-refractivity contribution in [3.05, 3.63) is 81.9 Å². The van der Waals surface area contributed by atoms with Gasteiger partial charge in [-0.1, -0.05) is 17.7 Å². The Hall–Kier alpha value is -3.61. The lowest BCUT2D eigenvalue weighted by atomic mass is 10.2. The van der Waals surface area contributed by atoms with E-state index >= 15 is 0 Å². The van der Waals surface area contributed by atoms with Crippen LogP contribution in [0.2, 0.25) is 0 Å². The lowest BCUT2D eigenvalue weighted by molar-refractivity contribution is -0.121. The molecule has 3 heterocycles. The Kier molecular flexibility index (Phi) is 5.27. The van der Waals surface area contributed by atoms with E-state index in [9.17, 15) is 9.59 Å². The SMILES string of the molecule is Cc1ccc(-n2c(C)c(C)c3c(=O)n(CC(=O)NCCc4ccco4)cnc32)cc1. The van der Waals surface area contributed by atoms with E-state index in [4.69, 9.17) is 4.42 Å². The highest BCUT2D eigenvalue weighted by Crippen LogP contribution is 2.25. The Bertz CT molecular complexity index is 1250. The van der Waals surface area contributed by atoms with Crippen LogP contribution in [0.5, 0.6) is 0 Å². The van der Waals surface area contributed by atoms with Crippen molar-refractivity contribution in [3.8, 4) is 5.69 Å². The van der Waals surface area contributed by atoms with Crippen molar-refractivity contribution < 1.29 is 9.21 Å². The number of hydrogen-bond donors (Lipinski definition) is 1. The highest BCUT2D eigenvalue weighted by atomic mass is 16.3. The zero-order valence-electron chi connectivity index (χ0n) is 17.3. The van der Waals surface area contributed by atoms with Crippen molar-refractivity contribution in [2.75, 3.05) is 6.54 Å². The summed E-state index contributed by atoms with van der Waals surface area (Å²) in [6.07, 6.45) is 3.65. The molecule has 0 aliphatic rings. The van der Waals surface area contributed by atoms with E-state index in [-0.39, 0.29) is 18.0 Å². The highest BCUT2D eigenvalue weighted by Gasteiger charge is 2.18. The molecule has 30 heavy (non-hydrogen) atoms. The van der Waals surface area contributed by atoms with Crippen LogP contribution in [-0.4, -0.2) is 26.6 Å². The largest absolute Gasteiger partial charge is 0.469 e. The summed E-state index contributed by atoms with van der Waals surface area (Å²) in [7, 11) is 0. The van der Waals surface area contributed by atoms with Crippen molar-refractivity contribution in [2.45, 2.75) is 33.7 Å². The van der Waals surface area contributed by atoms with Gasteiger partial charge in [-0.2, -0.15) is 0 Å². The molecule has 0 aliphatic carbocycles. The number of aromatic nitrogens is 3. The summed E-state index contributed by atoms with van der Waals surface area (Å²) in [5, 5.41) is 3.36. The number of furan rings is 1. The minimum absolute atomic E-state index is 0.0753. The molecule has 7 heteroatoms. The summed E-state index contributed by atoms with van der Waals surface area (Å²) in [6.45, 7) is 6.29. The van der Waals surface area contributed by atoms with Gasteiger partial charge in [-0.15, -0.1) is 0 Å². The van der Waals surface area contributed by atoms with E-state index in [1.807, 2.05) is 61.7 Å². The molecule has 0 spiro atoms. The summed E-state index contributed by atoms with van der Waals surface area (Å²) >= 11 is 0. The van der Waals surface area contributed by atoms with Gasteiger partial charge in [0, 0.05) is 24.3 Å². The van der Waals surface area contributed by atoms with E-state index in [1.54, 1.807) is 6.26 Å². The first-order valence-corrected chi connectivity index (χ1v) is 9.89. The fourth-order valence-corrected chi connectivity index (χ4v) is 3.60. The molecule has 7 nitrogen and oxygen atoms in total. The first-order valence-electron chi connectivity index (χ1n) is 9.89. The van der Waals surface area contributed by atoms with Gasteiger partial charge >= 0.3 is 0 Å². The van der Waals surface area contributed by atoms with E-state index < -0.39 is 0 Å². The summed E-state index contributed by atoms with van der Waals surface area (Å²) in [5.74, 6) is 0.566. The third-order valence-electron chi connectivity index (χ3n) is 5.36. The fourth-order valence-electron chi connectivity index (χ4n) is 3.60. The average molecular weight is 404 g/mol. The monoisotopic (exact) mass is 404 g/mol. The Morgan fingerprint density at radius 1 is 1.13 bits per heavy atom. The first kappa shape index (κ1) is 19.7. The molecule has 0 radical (unpaired) electrons. The van der Waals surface area contributed by atoms with Crippen molar-refractivity contribution in [1.82, 2.24) is 19.4 Å². The van der Waals surface area contributed by atoms with Crippen LogP contribution in [0.1, 0.15) is 22.6 Å². The van der Waals surface area contributed by atoms with Crippen LogP contribution in [0, 0.1) is 20.8 Å². The molecule has 0 fully saturated rings. The zero-order valence-corrected chi connectivity index (χ0v) is 17.3. The van der Waals surface area contributed by atoms with Gasteiger partial charge in [0.25, 0.3) is 5.56 Å². The van der Waals surface area contributed by atoms with E-state index in [1.165, 1.54) is 10.9 Å². The molecule has 4 aromatic rings. The molecule has 1 aromatic carbocycles. The first-order chi connectivity index (χ1) is 14.5. The summed E-state index contributed by atoms with van der Waals surface area (Å²) in [6, 6.07) is 11.8. The molecule has 0 aliphatic heterocycles. The van der Waals surface area contributed by atoms with Crippen LogP contribution in [0.3, 0.4) is 0 Å². The molecule has 4 rings (SSSR count). The number of nitrogens with one attached hydrogen (secondary N) is 1. The normalized spacial score (nSPS) is 11.2. The third-order valence-corrected chi connectivity index (χ3v) is 5.36. The molecule has 0 atom stereocenters. The van der Waals surface area contributed by atoms with Crippen molar-refractivity contribution in [1.29, 1.82) is 0 Å². The van der Waals surface area contributed by atoms with Crippen LogP contribution >= 0.6 is 0 Å². The maximum atomic E-state index is 13.1. The minimum atomic E-state index is -0.239. The van der Waals surface area contributed by atoms with Gasteiger partial charge in [0.1, 0.15) is 18.6 Å². The number of rotatable bonds is 6. The molecule has 0 unspecified atom stereocenters. The second-order valence-corrected chi connectivity index (χ2v) is 7.44. The Morgan fingerprint density at radius 3 is 2.60 bits per heavy atom. The number of nitrogens with zero attached hydrogens (tertiary/aromatic N) is 3. The van der Waals surface area contributed by atoms with E-state index in [0.29, 0.717) is 24.0 Å². The predicted octanol–water partition coefficient (Wildman–Crippen LogP) is 3.06. The molecular weight excluding hydrogens is 380 g/mol. The molecule has 3 aromatic heterocycles. The van der Waals surface area contributed by atoms with Gasteiger partial charge in [0.05, 0.1) is 11.6 Å². The predicted molar refractivity (Wildman–Crippen MR) is 115 cm³/mol. The number of benzene rings is 1. The molecule has 1 N–H and O–H groups in total. The maximum Gasteiger partial charge on any atom is 0.263 e. The number of carbonyl (C=O) groups excluding carboxylic acids is 1. The average Bonchev–Trinajstić information content (AvgIpc) is 3.32. The number of fused-ring (bicyclic) bond motifs is 1. The minimum Gasteiger partial charge on any atom is -0.469 e. The number of aryl methyl sites for hydroxylation is 2. The van der Waals surface area contributed by atoms with Gasteiger partial charge < -0.3 is 9.73 Å². The summed E-state index contributed by atoms with van der Waals surface area (Å²) in [4.78, 5) is 29.9. The molecule has 154 valence electrons. The highest BCUT2D eigenvalue weighted by molar-refractivity contribution is 5.83. The third kappa shape index (κ3) is 3.66. The Morgan fingerprint density at radius 2 is 1.90 bits per heavy atom. The van der Waals surface area contributed by atoms with Crippen molar-refractivity contribution in [2.24, 2.45) is 0 Å². The second-order valence-electron chi connectivity index (χ2n) is 7.44. The second kappa shape index (κ2) is 8.02. The molecule has 0 saturated carbocycles. The fraction of sp³-hybridized carbons (Fsp3) is 0.261. The lowest BCUT2D eigenvalue weighted by Crippen LogP contribution is -2.33. The van der Waals surface area contributed by atoms with Crippen molar-refractivity contribution in [3.63, 3.8) is 0 Å². The molecule has 0 bridgehead atoms. The maximum absolute atomic E-state index is 13.1. The zero-order chi connectivity index (χ0) is 21.3. The van der Waals surface area contributed by atoms with Crippen LogP contribution in [0.25, 0.3) is 16.7 Å². The summed E-state index contributed by atoms with van der Waals surface area (Å²) < 4.78 is 8.59. The van der Waals surface area contributed by atoms with Gasteiger partial charge in [0.2, 0.25) is 5.91 Å². The molecule has 1 amide bonds. The van der Waals surface area contributed by atoms with Gasteiger partial charge in [-0.05, 0) is 50.6 Å². The van der Waals surface area contributed by atoms with Crippen LogP contribution in [-0.2, 0) is 17.8 Å². The van der Waals surface area contributed by atoms with Gasteiger partial charge in [-0.3, -0.25) is 18.7 Å². The molecule has 0 saturated heterocycles. The van der Waals surface area contributed by atoms with Crippen molar-refractivity contribution >= 4 is 16.9 Å². The summed E-state index contributed by atoms with van der Waals surface area (Å²) in [5.41, 5.74) is 4.34.